The van der Waals surface area contributed by atoms with Crippen molar-refractivity contribution >= 4 is 11.8 Å². The van der Waals surface area contributed by atoms with E-state index in [-0.39, 0.29) is 0 Å². The molecule has 1 fully saturated rings. The largest absolute Gasteiger partial charge is 0.357 e. The summed E-state index contributed by atoms with van der Waals surface area (Å²) in [5, 5.41) is 7.93. The maximum absolute atomic E-state index is 4.88. The summed E-state index contributed by atoms with van der Waals surface area (Å²) < 4.78 is 1.93. The predicted molar refractivity (Wildman–Crippen MR) is 106 cm³/mol. The Morgan fingerprint density at radius 1 is 1.19 bits per heavy atom. The van der Waals surface area contributed by atoms with Crippen LogP contribution in [0.4, 0.5) is 5.82 Å². The molecule has 1 N–H and O–H groups in total. The van der Waals surface area contributed by atoms with Crippen LogP contribution in [0.15, 0.2) is 29.4 Å². The van der Waals surface area contributed by atoms with Gasteiger partial charge in [0.25, 0.3) is 0 Å². The van der Waals surface area contributed by atoms with E-state index in [1.807, 2.05) is 30.1 Å². The number of rotatable bonds is 4. The van der Waals surface area contributed by atoms with Crippen LogP contribution in [0.25, 0.3) is 0 Å². The highest BCUT2D eigenvalue weighted by molar-refractivity contribution is 5.80. The van der Waals surface area contributed by atoms with Crippen LogP contribution >= 0.6 is 0 Å². The molecule has 3 heterocycles. The maximum Gasteiger partial charge on any atom is 0.194 e. The van der Waals surface area contributed by atoms with Crippen molar-refractivity contribution in [1.82, 2.24) is 25.0 Å². The molecule has 0 aliphatic carbocycles. The number of pyridine rings is 1. The minimum absolute atomic E-state index is 0.661. The molecule has 0 radical (unpaired) electrons. The first-order chi connectivity index (χ1) is 12.6. The summed E-state index contributed by atoms with van der Waals surface area (Å²) in [5.74, 6) is 2.03. The van der Waals surface area contributed by atoms with E-state index < -0.39 is 0 Å². The molecule has 1 aliphatic heterocycles. The minimum Gasteiger partial charge on any atom is -0.357 e. The molecule has 0 atom stereocenters. The summed E-state index contributed by atoms with van der Waals surface area (Å²) >= 11 is 0. The zero-order valence-corrected chi connectivity index (χ0v) is 16.2. The molecule has 0 bridgehead atoms. The van der Waals surface area contributed by atoms with Crippen LogP contribution in [0.3, 0.4) is 0 Å². The number of hydrogen-bond donors (Lipinski definition) is 1. The van der Waals surface area contributed by atoms with Gasteiger partial charge in [-0.3, -0.25) is 4.68 Å². The van der Waals surface area contributed by atoms with E-state index in [0.717, 1.165) is 50.2 Å². The monoisotopic (exact) mass is 355 g/mol. The highest BCUT2D eigenvalue weighted by Gasteiger charge is 2.20. The Balaban J connectivity index is 1.67. The van der Waals surface area contributed by atoms with Gasteiger partial charge in [0.1, 0.15) is 5.82 Å². The van der Waals surface area contributed by atoms with Crippen LogP contribution in [0.1, 0.15) is 23.9 Å². The van der Waals surface area contributed by atoms with Gasteiger partial charge in [-0.15, -0.1) is 0 Å². The lowest BCUT2D eigenvalue weighted by Gasteiger charge is -2.37. The van der Waals surface area contributed by atoms with Crippen molar-refractivity contribution in [2.75, 3.05) is 37.6 Å². The number of hydrogen-bond acceptors (Lipinski definition) is 4. The second-order valence-electron chi connectivity index (χ2n) is 6.61. The van der Waals surface area contributed by atoms with Gasteiger partial charge in [0.05, 0.1) is 12.2 Å². The van der Waals surface area contributed by atoms with Crippen LogP contribution in [-0.4, -0.2) is 58.3 Å². The quantitative estimate of drug-likeness (QED) is 0.668. The number of nitrogens with one attached hydrogen (secondary N) is 1. The van der Waals surface area contributed by atoms with Crippen molar-refractivity contribution in [3.8, 4) is 0 Å². The highest BCUT2D eigenvalue weighted by Crippen LogP contribution is 2.15. The van der Waals surface area contributed by atoms with Gasteiger partial charge >= 0.3 is 0 Å². The molecule has 0 saturated carbocycles. The van der Waals surface area contributed by atoms with Crippen LogP contribution in [0.2, 0.25) is 0 Å². The number of piperazine rings is 1. The van der Waals surface area contributed by atoms with Crippen LogP contribution in [0.5, 0.6) is 0 Å². The van der Waals surface area contributed by atoms with Gasteiger partial charge in [-0.2, -0.15) is 5.10 Å². The van der Waals surface area contributed by atoms with Crippen LogP contribution < -0.4 is 10.2 Å². The molecule has 0 aromatic carbocycles. The number of aliphatic imine (C=N–C) groups is 1. The number of aryl methyl sites for hydroxylation is 2. The number of guanidine groups is 1. The van der Waals surface area contributed by atoms with Gasteiger partial charge in [0, 0.05) is 57.2 Å². The SMILES string of the molecule is CCNC(=NCc1c(C)nn(C)c1C)N1CCN(c2ccccn2)CC1. The molecule has 0 amide bonds. The van der Waals surface area contributed by atoms with Gasteiger partial charge in [-0.25, -0.2) is 9.98 Å². The number of aromatic nitrogens is 3. The lowest BCUT2D eigenvalue weighted by molar-refractivity contribution is 0.371. The Kier molecular flexibility index (Phi) is 5.75. The topological polar surface area (TPSA) is 61.6 Å². The van der Waals surface area contributed by atoms with E-state index >= 15 is 0 Å². The second kappa shape index (κ2) is 8.21. The molecule has 140 valence electrons. The average Bonchev–Trinajstić information content (AvgIpc) is 2.91. The third-order valence-electron chi connectivity index (χ3n) is 4.93. The molecule has 26 heavy (non-hydrogen) atoms. The normalized spacial score (nSPS) is 15.5. The third-order valence-corrected chi connectivity index (χ3v) is 4.93. The van der Waals surface area contributed by atoms with E-state index in [1.54, 1.807) is 0 Å². The summed E-state index contributed by atoms with van der Waals surface area (Å²) in [4.78, 5) is 14.0. The van der Waals surface area contributed by atoms with Crippen molar-refractivity contribution in [3.63, 3.8) is 0 Å². The van der Waals surface area contributed by atoms with Crippen molar-refractivity contribution in [2.45, 2.75) is 27.3 Å². The molecule has 0 unspecified atom stereocenters. The first kappa shape index (κ1) is 18.2. The lowest BCUT2D eigenvalue weighted by atomic mass is 10.2. The van der Waals surface area contributed by atoms with Crippen molar-refractivity contribution < 1.29 is 0 Å². The molecule has 2 aromatic heterocycles. The van der Waals surface area contributed by atoms with Crippen molar-refractivity contribution in [2.24, 2.45) is 12.0 Å². The smallest absolute Gasteiger partial charge is 0.194 e. The Bertz CT molecular complexity index is 743. The van der Waals surface area contributed by atoms with Crippen molar-refractivity contribution in [1.29, 1.82) is 0 Å². The second-order valence-corrected chi connectivity index (χ2v) is 6.61. The molecule has 3 rings (SSSR count). The van der Waals surface area contributed by atoms with Gasteiger partial charge in [-0.1, -0.05) is 6.07 Å². The first-order valence-electron chi connectivity index (χ1n) is 9.28. The Morgan fingerprint density at radius 2 is 1.96 bits per heavy atom. The maximum atomic E-state index is 4.88. The fourth-order valence-electron chi connectivity index (χ4n) is 3.31. The number of nitrogens with zero attached hydrogens (tertiary/aromatic N) is 6. The summed E-state index contributed by atoms with van der Waals surface area (Å²) in [6.07, 6.45) is 1.85. The van der Waals surface area contributed by atoms with E-state index in [2.05, 4.69) is 52.0 Å². The summed E-state index contributed by atoms with van der Waals surface area (Å²) in [6, 6.07) is 6.07. The highest BCUT2D eigenvalue weighted by atomic mass is 15.4. The molecule has 7 nitrogen and oxygen atoms in total. The Labute approximate surface area is 155 Å². The van der Waals surface area contributed by atoms with E-state index in [9.17, 15) is 0 Å². The zero-order valence-electron chi connectivity index (χ0n) is 16.2. The lowest BCUT2D eigenvalue weighted by Crippen LogP contribution is -2.52. The van der Waals surface area contributed by atoms with E-state index in [4.69, 9.17) is 4.99 Å². The van der Waals surface area contributed by atoms with Crippen LogP contribution in [0, 0.1) is 13.8 Å². The van der Waals surface area contributed by atoms with Crippen LogP contribution in [-0.2, 0) is 13.6 Å². The first-order valence-corrected chi connectivity index (χ1v) is 9.28. The van der Waals surface area contributed by atoms with Gasteiger partial charge in [-0.05, 0) is 32.9 Å². The molecule has 0 spiro atoms. The fourth-order valence-corrected chi connectivity index (χ4v) is 3.31. The molecule has 1 saturated heterocycles. The Hall–Kier alpha value is -2.57. The summed E-state index contributed by atoms with van der Waals surface area (Å²) in [5.41, 5.74) is 3.46. The minimum atomic E-state index is 0.661. The third kappa shape index (κ3) is 3.98. The van der Waals surface area contributed by atoms with Gasteiger partial charge in [0.2, 0.25) is 0 Å². The predicted octanol–water partition coefficient (Wildman–Crippen LogP) is 1.72. The van der Waals surface area contributed by atoms with E-state index in [1.165, 1.54) is 11.3 Å². The standard InChI is InChI=1S/C19H29N7/c1-5-20-19(22-14-17-15(2)23-24(4)16(17)3)26-12-10-25(11-13-26)18-8-6-7-9-21-18/h6-9H,5,10-14H2,1-4H3,(H,20,22). The fraction of sp³-hybridized carbons (Fsp3) is 0.526. The summed E-state index contributed by atoms with van der Waals surface area (Å²) in [6.45, 7) is 11.6. The Morgan fingerprint density at radius 3 is 2.54 bits per heavy atom. The zero-order chi connectivity index (χ0) is 18.5. The molecule has 7 heteroatoms. The molecular weight excluding hydrogens is 326 g/mol. The molecular formula is C19H29N7. The number of anilines is 1. The molecule has 1 aliphatic rings. The van der Waals surface area contributed by atoms with Gasteiger partial charge < -0.3 is 15.1 Å². The van der Waals surface area contributed by atoms with Gasteiger partial charge in [0.15, 0.2) is 5.96 Å². The van der Waals surface area contributed by atoms with E-state index in [0.29, 0.717) is 6.54 Å². The average molecular weight is 355 g/mol. The molecule has 2 aromatic rings. The summed E-state index contributed by atoms with van der Waals surface area (Å²) in [7, 11) is 1.98. The van der Waals surface area contributed by atoms with Crippen molar-refractivity contribution in [3.05, 3.63) is 41.3 Å².